The Balaban J connectivity index is 2.07. The number of aromatic nitrogens is 2. The third-order valence-electron chi connectivity index (χ3n) is 2.85. The number of nitrogens with zero attached hydrogens (tertiary/aromatic N) is 3. The van der Waals surface area contributed by atoms with Crippen LogP contribution in [0.25, 0.3) is 0 Å². The Bertz CT molecular complexity index is 656. The highest BCUT2D eigenvalue weighted by molar-refractivity contribution is 5.73. The molecule has 1 atom stereocenters. The van der Waals surface area contributed by atoms with Gasteiger partial charge in [-0.25, -0.2) is 0 Å². The van der Waals surface area contributed by atoms with E-state index in [1.807, 2.05) is 25.1 Å². The molecule has 0 aliphatic rings. The average molecular weight is 269 g/mol. The Labute approximate surface area is 116 Å². The van der Waals surface area contributed by atoms with E-state index < -0.39 is 5.91 Å². The zero-order valence-corrected chi connectivity index (χ0v) is 11.1. The van der Waals surface area contributed by atoms with E-state index in [0.29, 0.717) is 5.56 Å². The number of hydrogen-bond acceptors (Lipinski definition) is 4. The van der Waals surface area contributed by atoms with Crippen molar-refractivity contribution >= 4 is 11.6 Å². The number of nitriles is 1. The molecule has 1 unspecified atom stereocenters. The smallest absolute Gasteiger partial charge is 0.239 e. The van der Waals surface area contributed by atoms with Gasteiger partial charge in [-0.3, -0.25) is 9.48 Å². The lowest BCUT2D eigenvalue weighted by Crippen LogP contribution is -2.18. The van der Waals surface area contributed by atoms with E-state index in [9.17, 15) is 4.79 Å². The summed E-state index contributed by atoms with van der Waals surface area (Å²) in [5, 5.41) is 16.2. The molecular formula is C14H15N5O. The van der Waals surface area contributed by atoms with Crippen molar-refractivity contribution in [2.24, 2.45) is 5.73 Å². The molecule has 0 fully saturated rings. The number of nitrogens with one attached hydrogen (secondary N) is 1. The highest BCUT2D eigenvalue weighted by Crippen LogP contribution is 2.19. The van der Waals surface area contributed by atoms with Gasteiger partial charge in [0.25, 0.3) is 0 Å². The van der Waals surface area contributed by atoms with E-state index in [-0.39, 0.29) is 12.6 Å². The van der Waals surface area contributed by atoms with Crippen LogP contribution in [0.2, 0.25) is 0 Å². The quantitative estimate of drug-likeness (QED) is 0.857. The molecule has 2 aromatic rings. The summed E-state index contributed by atoms with van der Waals surface area (Å²) in [6, 6.07) is 9.54. The van der Waals surface area contributed by atoms with Crippen molar-refractivity contribution in [1.82, 2.24) is 9.78 Å². The van der Waals surface area contributed by atoms with Gasteiger partial charge in [0, 0.05) is 12.2 Å². The lowest BCUT2D eigenvalue weighted by atomic mass is 10.1. The van der Waals surface area contributed by atoms with E-state index in [4.69, 9.17) is 11.0 Å². The molecular weight excluding hydrogens is 254 g/mol. The minimum Gasteiger partial charge on any atom is -0.376 e. The largest absolute Gasteiger partial charge is 0.376 e. The maximum atomic E-state index is 10.8. The van der Waals surface area contributed by atoms with Crippen LogP contribution in [0.5, 0.6) is 0 Å². The maximum absolute atomic E-state index is 10.8. The van der Waals surface area contributed by atoms with Crippen molar-refractivity contribution in [1.29, 1.82) is 5.26 Å². The molecule has 1 aromatic carbocycles. The molecule has 1 amide bonds. The highest BCUT2D eigenvalue weighted by atomic mass is 16.1. The van der Waals surface area contributed by atoms with E-state index in [0.717, 1.165) is 11.3 Å². The Morgan fingerprint density at radius 2 is 2.40 bits per heavy atom. The molecule has 0 spiro atoms. The number of nitrogens with two attached hydrogens (primary N) is 1. The van der Waals surface area contributed by atoms with Gasteiger partial charge in [-0.15, -0.1) is 0 Å². The van der Waals surface area contributed by atoms with Crippen LogP contribution >= 0.6 is 0 Å². The molecule has 0 radical (unpaired) electrons. The van der Waals surface area contributed by atoms with E-state index in [2.05, 4.69) is 16.5 Å². The minimum atomic E-state index is -0.436. The predicted octanol–water partition coefficient (Wildman–Crippen LogP) is 1.41. The van der Waals surface area contributed by atoms with Gasteiger partial charge >= 0.3 is 0 Å². The number of hydrogen-bond donors (Lipinski definition) is 2. The first-order valence-corrected chi connectivity index (χ1v) is 6.16. The first-order chi connectivity index (χ1) is 9.58. The summed E-state index contributed by atoms with van der Waals surface area (Å²) in [5.41, 5.74) is 7.53. The van der Waals surface area contributed by atoms with Gasteiger partial charge in [-0.05, 0) is 24.6 Å². The molecule has 0 aliphatic heterocycles. The van der Waals surface area contributed by atoms with Crippen LogP contribution < -0.4 is 11.1 Å². The summed E-state index contributed by atoms with van der Waals surface area (Å²) < 4.78 is 1.48. The van der Waals surface area contributed by atoms with E-state index >= 15 is 0 Å². The molecule has 0 bridgehead atoms. The lowest BCUT2D eigenvalue weighted by molar-refractivity contribution is -0.118. The van der Waals surface area contributed by atoms with Crippen LogP contribution in [0.4, 0.5) is 5.69 Å². The predicted molar refractivity (Wildman–Crippen MR) is 74.6 cm³/mol. The van der Waals surface area contributed by atoms with Crippen molar-refractivity contribution in [3.8, 4) is 6.07 Å². The van der Waals surface area contributed by atoms with Crippen LogP contribution in [0.1, 0.15) is 24.1 Å². The molecule has 102 valence electrons. The van der Waals surface area contributed by atoms with Gasteiger partial charge < -0.3 is 11.1 Å². The van der Waals surface area contributed by atoms with Crippen molar-refractivity contribution in [2.45, 2.75) is 19.5 Å². The van der Waals surface area contributed by atoms with Crippen molar-refractivity contribution in [3.05, 3.63) is 47.8 Å². The Kier molecular flexibility index (Phi) is 4.01. The molecule has 3 N–H and O–H groups in total. The second kappa shape index (κ2) is 5.89. The van der Waals surface area contributed by atoms with Crippen LogP contribution in [0.3, 0.4) is 0 Å². The van der Waals surface area contributed by atoms with Crippen molar-refractivity contribution in [3.63, 3.8) is 0 Å². The maximum Gasteiger partial charge on any atom is 0.239 e. The molecule has 0 saturated heterocycles. The third kappa shape index (κ3) is 3.36. The molecule has 1 heterocycles. The number of primary amides is 1. The normalized spacial score (nSPS) is 11.6. The molecule has 0 saturated carbocycles. The molecule has 0 aliphatic carbocycles. The molecule has 6 nitrogen and oxygen atoms in total. The highest BCUT2D eigenvalue weighted by Gasteiger charge is 2.08. The summed E-state index contributed by atoms with van der Waals surface area (Å²) in [6.07, 6.45) is 3.35. The van der Waals surface area contributed by atoms with Gasteiger partial charge in [-0.2, -0.15) is 10.4 Å². The summed E-state index contributed by atoms with van der Waals surface area (Å²) in [4.78, 5) is 10.8. The van der Waals surface area contributed by atoms with Gasteiger partial charge in [0.05, 0.1) is 23.5 Å². The standard InChI is InChI=1S/C14H15N5O/c1-10(12-4-2-3-11(5-12)6-15)18-13-7-17-19(8-13)9-14(16)20/h2-5,7-8,10,18H,9H2,1H3,(H2,16,20). The molecule has 1 aromatic heterocycles. The first-order valence-electron chi connectivity index (χ1n) is 6.16. The zero-order valence-electron chi connectivity index (χ0n) is 11.1. The fraction of sp³-hybridized carbons (Fsp3) is 0.214. The van der Waals surface area contributed by atoms with Gasteiger partial charge in [0.15, 0.2) is 0 Å². The first kappa shape index (κ1) is 13.6. The molecule has 20 heavy (non-hydrogen) atoms. The number of carbonyl (C=O) groups excluding carboxylic acids is 1. The van der Waals surface area contributed by atoms with Crippen LogP contribution in [-0.4, -0.2) is 15.7 Å². The SMILES string of the molecule is CC(Nc1cnn(CC(N)=O)c1)c1cccc(C#N)c1. The van der Waals surface area contributed by atoms with Crippen LogP contribution in [0.15, 0.2) is 36.7 Å². The summed E-state index contributed by atoms with van der Waals surface area (Å²) in [6.45, 7) is 2.04. The Morgan fingerprint density at radius 1 is 1.60 bits per heavy atom. The lowest BCUT2D eigenvalue weighted by Gasteiger charge is -2.14. The summed E-state index contributed by atoms with van der Waals surface area (Å²) in [7, 11) is 0. The fourth-order valence-electron chi connectivity index (χ4n) is 1.90. The molecule has 6 heteroatoms. The zero-order chi connectivity index (χ0) is 14.5. The average Bonchev–Trinajstić information content (AvgIpc) is 2.85. The second-order valence-electron chi connectivity index (χ2n) is 4.50. The van der Waals surface area contributed by atoms with Crippen LogP contribution in [-0.2, 0) is 11.3 Å². The number of amides is 1. The van der Waals surface area contributed by atoms with Gasteiger partial charge in [-0.1, -0.05) is 12.1 Å². The van der Waals surface area contributed by atoms with Crippen LogP contribution in [0, 0.1) is 11.3 Å². The summed E-state index contributed by atoms with van der Waals surface area (Å²) >= 11 is 0. The van der Waals surface area contributed by atoms with Gasteiger partial charge in [0.2, 0.25) is 5.91 Å². The minimum absolute atomic E-state index is 0.0227. The Hall–Kier alpha value is -2.81. The van der Waals surface area contributed by atoms with Gasteiger partial charge in [0.1, 0.15) is 6.54 Å². The van der Waals surface area contributed by atoms with Crippen molar-refractivity contribution < 1.29 is 4.79 Å². The number of carbonyl (C=O) groups is 1. The summed E-state index contributed by atoms with van der Waals surface area (Å²) in [5.74, 6) is -0.436. The molecule has 2 rings (SSSR count). The van der Waals surface area contributed by atoms with Crippen molar-refractivity contribution in [2.75, 3.05) is 5.32 Å². The topological polar surface area (TPSA) is 96.7 Å². The Morgan fingerprint density at radius 3 is 3.10 bits per heavy atom. The second-order valence-corrected chi connectivity index (χ2v) is 4.50. The van der Waals surface area contributed by atoms with E-state index in [1.165, 1.54) is 4.68 Å². The number of anilines is 1. The monoisotopic (exact) mass is 269 g/mol. The fourth-order valence-corrected chi connectivity index (χ4v) is 1.90. The number of rotatable bonds is 5. The third-order valence-corrected chi connectivity index (χ3v) is 2.85. The number of benzene rings is 1. The van der Waals surface area contributed by atoms with E-state index in [1.54, 1.807) is 18.5 Å².